The van der Waals surface area contributed by atoms with Crippen LogP contribution in [0.3, 0.4) is 0 Å². The van der Waals surface area contributed by atoms with E-state index in [0.717, 1.165) is 33.5 Å². The summed E-state index contributed by atoms with van der Waals surface area (Å²) >= 11 is 6.59. The minimum absolute atomic E-state index is 0.284. The molecule has 0 radical (unpaired) electrons. The van der Waals surface area contributed by atoms with Crippen LogP contribution in [0.5, 0.6) is 0 Å². The van der Waals surface area contributed by atoms with Crippen LogP contribution in [0.1, 0.15) is 89.0 Å². The van der Waals surface area contributed by atoms with Gasteiger partial charge in [-0.1, -0.05) is 363 Å². The number of nitrogens with one attached hydrogen (secondary N) is 1. The Balaban J connectivity index is 0.000000110. The molecule has 0 atom stereocenters. The van der Waals surface area contributed by atoms with Crippen molar-refractivity contribution in [3.63, 3.8) is 0 Å². The molecule has 0 unspecified atom stereocenters. The number of benzene rings is 20. The number of para-hydroxylation sites is 2. The van der Waals surface area contributed by atoms with E-state index in [-0.39, 0.29) is 10.8 Å². The maximum atomic E-state index is 6.59. The average Bonchev–Trinajstić information content (AvgIpc) is 1.52. The number of rotatable bonds is 5. The Labute approximate surface area is 720 Å². The van der Waals surface area contributed by atoms with Crippen molar-refractivity contribution >= 4 is 61.6 Å². The van der Waals surface area contributed by atoms with Gasteiger partial charge < -0.3 is 10.2 Å². The van der Waals surface area contributed by atoms with Gasteiger partial charge in [-0.25, -0.2) is 0 Å². The molecule has 0 heterocycles. The maximum absolute atomic E-state index is 6.59. The van der Waals surface area contributed by atoms with E-state index in [1.807, 2.05) is 12.1 Å². The van der Waals surface area contributed by atoms with Crippen LogP contribution >= 0.6 is 11.6 Å². The van der Waals surface area contributed by atoms with Crippen LogP contribution in [0, 0.1) is 0 Å². The Morgan fingerprint density at radius 3 is 0.732 bits per heavy atom. The molecule has 0 amide bonds. The Bertz CT molecular complexity index is 7680. The topological polar surface area (TPSA) is 15.3 Å². The highest BCUT2D eigenvalue weighted by atomic mass is 35.5. The fourth-order valence-electron chi connectivity index (χ4n) is 23.9. The summed E-state index contributed by atoms with van der Waals surface area (Å²) in [5, 5.41) is 9.48. The quantitative estimate of drug-likeness (QED) is 0.185. The molecule has 20 aromatic rings. The predicted octanol–water partition coefficient (Wildman–Crippen LogP) is 30.6. The standard InChI is InChI=1S/C60H37N.C31H21N.C29H17Cl/c1-2-18-40(19-3-1)61(41-30-32-48-47-24-10-13-27-53(47)59(57(48)36-41)51-25-11-6-20-43(51)44-21-7-12-26-52(44)59)42-31-33-49-50-34-38-16-4-5-17-39(38)35-56(50)60(58(49)37-42)54-28-14-8-22-45(54)46-23-9-15-29-55(46)60;1-2-10-21(11-3-1)32-22-18-19-26-25-14-6-9-17-29(25)31(30(26)20-22)27-15-7-4-12-23(27)24-13-5-8-16-28(24)31;30-20-13-14-23-24-15-18-7-1-2-8-19(18)16-27(24)29(28(23)17-20)25-11-5-3-9-21(25)22-10-4-6-12-26(22)29/h1-37H;1-20,32H;1-17H. The molecule has 0 saturated carbocycles. The summed E-state index contributed by atoms with van der Waals surface area (Å²) in [4.78, 5) is 2.49. The lowest BCUT2D eigenvalue weighted by Gasteiger charge is -2.33. The molecular weight excluding hydrogens is 1500 g/mol. The molecule has 0 aliphatic heterocycles. The van der Waals surface area contributed by atoms with Crippen molar-refractivity contribution in [1.29, 1.82) is 0 Å². The third-order valence-corrected chi connectivity index (χ3v) is 28.7. The van der Waals surface area contributed by atoms with Crippen molar-refractivity contribution in [2.45, 2.75) is 21.7 Å². The minimum atomic E-state index is -0.471. The first-order valence-corrected chi connectivity index (χ1v) is 43.2. The van der Waals surface area contributed by atoms with Crippen LogP contribution in [0.25, 0.3) is 111 Å². The number of nitrogens with zero attached hydrogens (tertiary/aromatic N) is 1. The van der Waals surface area contributed by atoms with Crippen molar-refractivity contribution in [2.75, 3.05) is 10.2 Å². The molecule has 1 N–H and O–H groups in total. The summed E-state index contributed by atoms with van der Waals surface area (Å²) in [6.45, 7) is 0. The van der Waals surface area contributed by atoms with Gasteiger partial charge in [0.2, 0.25) is 0 Å². The highest BCUT2D eigenvalue weighted by Crippen LogP contribution is 2.69. The Hall–Kier alpha value is -15.2. The van der Waals surface area contributed by atoms with Crippen LogP contribution in [0.4, 0.5) is 28.4 Å². The molecule has 3 heteroatoms. The summed E-state index contributed by atoms with van der Waals surface area (Å²) in [6, 6.07) is 166. The van der Waals surface area contributed by atoms with Crippen molar-refractivity contribution < 1.29 is 0 Å². The predicted molar refractivity (Wildman–Crippen MR) is 509 cm³/mol. The smallest absolute Gasteiger partial charge is 0.0726 e. The summed E-state index contributed by atoms with van der Waals surface area (Å²) < 4.78 is 0. The highest BCUT2D eigenvalue weighted by Gasteiger charge is 2.57. The number of anilines is 5. The van der Waals surface area contributed by atoms with Gasteiger partial charge in [0, 0.05) is 33.5 Å². The molecule has 4 spiro atoms. The number of fused-ring (bicyclic) bond motifs is 42. The largest absolute Gasteiger partial charge is 0.356 e. The second-order valence-electron chi connectivity index (χ2n) is 34.0. The van der Waals surface area contributed by atoms with Gasteiger partial charge in [-0.05, 0) is 297 Å². The Kier molecular flexibility index (Phi) is 15.0. The van der Waals surface area contributed by atoms with E-state index in [1.54, 1.807) is 0 Å². The summed E-state index contributed by atoms with van der Waals surface area (Å²) in [6.07, 6.45) is 0. The zero-order chi connectivity index (χ0) is 80.9. The van der Waals surface area contributed by atoms with E-state index in [1.165, 1.54) is 200 Å². The van der Waals surface area contributed by atoms with Gasteiger partial charge in [0.25, 0.3) is 0 Å². The molecule has 572 valence electrons. The first kappa shape index (κ1) is 69.7. The monoisotopic (exact) mass is 1580 g/mol. The zero-order valence-electron chi connectivity index (χ0n) is 67.0. The van der Waals surface area contributed by atoms with Crippen LogP contribution in [0.2, 0.25) is 5.02 Å². The third kappa shape index (κ3) is 9.43. The molecule has 8 aliphatic rings. The SMILES string of the molecule is Clc1ccc2c(c1)C1(c3ccccc3-c3ccccc31)c1cc3ccccc3cc1-2.c1ccc(N(c2ccc3c(c2)C2(c4ccccc4-c4ccccc42)c2ccccc2-3)c2ccc3c(c2)C2(c4ccccc4-c4ccccc42)c2cc4ccccc4cc2-3)cc1.c1ccc(Nc2ccc3c(c2)C2(c4ccccc4-c4ccccc42)c2ccccc2-3)cc1. The zero-order valence-corrected chi connectivity index (χ0v) is 67.8. The summed E-state index contributed by atoms with van der Waals surface area (Å²) in [5.41, 5.74) is 46.8. The van der Waals surface area contributed by atoms with Gasteiger partial charge >= 0.3 is 0 Å². The van der Waals surface area contributed by atoms with Gasteiger partial charge in [-0.3, -0.25) is 0 Å². The Morgan fingerprint density at radius 2 is 0.390 bits per heavy atom. The van der Waals surface area contributed by atoms with Gasteiger partial charge in [-0.2, -0.15) is 0 Å². The van der Waals surface area contributed by atoms with Gasteiger partial charge in [-0.15, -0.1) is 0 Å². The molecule has 20 aromatic carbocycles. The lowest BCUT2D eigenvalue weighted by Crippen LogP contribution is -2.26. The van der Waals surface area contributed by atoms with Crippen LogP contribution in [-0.4, -0.2) is 0 Å². The van der Waals surface area contributed by atoms with Crippen LogP contribution in [0.15, 0.2) is 449 Å². The fourth-order valence-corrected chi connectivity index (χ4v) is 24.0. The van der Waals surface area contributed by atoms with E-state index in [2.05, 4.69) is 447 Å². The lowest BCUT2D eigenvalue weighted by molar-refractivity contribution is 0.793. The van der Waals surface area contributed by atoms with E-state index < -0.39 is 10.8 Å². The molecule has 8 aliphatic carbocycles. The molecule has 0 bridgehead atoms. The number of hydrogen-bond acceptors (Lipinski definition) is 2. The lowest BCUT2D eigenvalue weighted by atomic mass is 9.70. The molecule has 0 fully saturated rings. The molecule has 0 saturated heterocycles. The number of hydrogen-bond donors (Lipinski definition) is 1. The van der Waals surface area contributed by atoms with Crippen LogP contribution in [-0.2, 0) is 21.7 Å². The molecule has 2 nitrogen and oxygen atoms in total. The van der Waals surface area contributed by atoms with Crippen molar-refractivity contribution in [3.8, 4) is 89.0 Å². The minimum Gasteiger partial charge on any atom is -0.356 e. The van der Waals surface area contributed by atoms with Gasteiger partial charge in [0.15, 0.2) is 0 Å². The summed E-state index contributed by atoms with van der Waals surface area (Å²) in [5.74, 6) is 0. The normalized spacial score (nSPS) is 14.3. The molecule has 28 rings (SSSR count). The van der Waals surface area contributed by atoms with Crippen molar-refractivity contribution in [2.24, 2.45) is 0 Å². The van der Waals surface area contributed by atoms with E-state index in [4.69, 9.17) is 11.6 Å². The van der Waals surface area contributed by atoms with Crippen LogP contribution < -0.4 is 10.2 Å². The number of halogens is 1. The fraction of sp³-hybridized carbons (Fsp3) is 0.0333. The van der Waals surface area contributed by atoms with Crippen molar-refractivity contribution in [3.05, 3.63) is 543 Å². The highest BCUT2D eigenvalue weighted by molar-refractivity contribution is 6.31. The molecule has 123 heavy (non-hydrogen) atoms. The summed E-state index contributed by atoms with van der Waals surface area (Å²) in [7, 11) is 0. The van der Waals surface area contributed by atoms with Crippen molar-refractivity contribution in [1.82, 2.24) is 0 Å². The van der Waals surface area contributed by atoms with E-state index in [9.17, 15) is 0 Å². The molecule has 0 aromatic heterocycles. The average molecular weight is 1580 g/mol. The molecular formula is C120H75ClN2. The maximum Gasteiger partial charge on any atom is 0.0726 e. The van der Waals surface area contributed by atoms with Gasteiger partial charge in [0.1, 0.15) is 0 Å². The first-order valence-electron chi connectivity index (χ1n) is 42.9. The second kappa shape index (κ2) is 26.4. The third-order valence-electron chi connectivity index (χ3n) is 28.4. The van der Waals surface area contributed by atoms with E-state index >= 15 is 0 Å². The van der Waals surface area contributed by atoms with Gasteiger partial charge in [0.05, 0.1) is 21.7 Å². The Morgan fingerprint density at radius 1 is 0.154 bits per heavy atom. The second-order valence-corrected chi connectivity index (χ2v) is 34.5. The first-order chi connectivity index (χ1) is 60.9. The van der Waals surface area contributed by atoms with E-state index in [0.29, 0.717) is 0 Å².